The zero-order valence-corrected chi connectivity index (χ0v) is 71.0. The summed E-state index contributed by atoms with van der Waals surface area (Å²) in [4.78, 5) is 136. The van der Waals surface area contributed by atoms with Crippen molar-refractivity contribution in [3.63, 3.8) is 0 Å². The van der Waals surface area contributed by atoms with Crippen molar-refractivity contribution < 1.29 is 165 Å². The zero-order chi connectivity index (χ0) is 94.1. The Balaban J connectivity index is 0.00000222. The standard InChI is InChI=1S/C83H88Cl2N8O29.CH4O.H2O4S/c1-33(2)10-8-6-4-5-7-9-11-56(99)88-65-68(102)70(104)73(81(114)115)122-82(65)121-72-53-26-38-27-54(72)118-50-21-16-37(24-45(50)84)66(100)64-79(111)92-63(80(112)113)43-28-39(95)29-52(119-83-71(105)69(103)67(101)55(32-94)120-83)57(43)42-23-35(14-19-47(42)96)60(76(108)93-64)89-77(109)61(38)90-78(110)62-44-30-41(31-49(98)58(44)85)117-51-25-36(15-20-48(51)97)59(86-3)75(107)87-46(74(106)91-62)22-34-12-17-40(116-53)18-13-34;1-2;1-5(2,3)4/h12-21,23-31,33,46,55,59-71,73,82-83,86,94-98,100-105H,4-11,22,32H2,1-3H3,(H,87,107)(H,88,99)(H,89,109)(H,90,110)(H,91,106)(H,92,111)(H,93,108)(H,112,113)(H,114,115);2H,1H3;(H2,1,2,3,4)/t46-,55-,59-,60-,61-,62+,63+,64+,65-,66-,67-,68-,69+,70+,71+,73+,82-,83?;;/m1../s1. The Morgan fingerprint density at radius 1 is 0.543 bits per heavy atom. The van der Waals surface area contributed by atoms with Gasteiger partial charge in [0.05, 0.1) is 16.7 Å². The summed E-state index contributed by atoms with van der Waals surface area (Å²) in [5, 5.41) is 174. The molecule has 0 aliphatic carbocycles. The Hall–Kier alpha value is -12.0. The Bertz CT molecular complexity index is 5480. The maximum absolute atomic E-state index is 16.7. The molecule has 7 aromatic rings. The monoisotopic (exact) mass is 1860 g/mol. The normalized spacial score (nSPS) is 25.6. The predicted molar refractivity (Wildman–Crippen MR) is 446 cm³/mol. The maximum Gasteiger partial charge on any atom is 0.394 e. The molecule has 1 unspecified atom stereocenters. The molecule has 0 radical (unpaired) electrons. The van der Waals surface area contributed by atoms with E-state index >= 15 is 24.0 Å². The number of nitrogens with one attached hydrogen (secondary N) is 8. The van der Waals surface area contributed by atoms with Crippen LogP contribution in [0.1, 0.15) is 140 Å². The molecule has 8 aliphatic heterocycles. The summed E-state index contributed by atoms with van der Waals surface area (Å²) in [7, 11) is -2.25. The number of unbranched alkanes of at least 4 members (excludes halogenated alkanes) is 5. The molecule has 15 rings (SSSR count). The summed E-state index contributed by atoms with van der Waals surface area (Å²) in [6, 6.07) is 4.41. The van der Waals surface area contributed by atoms with Gasteiger partial charge >= 0.3 is 22.3 Å². The lowest BCUT2D eigenvalue weighted by Gasteiger charge is -2.41. The van der Waals surface area contributed by atoms with Crippen LogP contribution in [0, 0.1) is 5.92 Å². The van der Waals surface area contributed by atoms with E-state index in [1.165, 1.54) is 49.5 Å². The second kappa shape index (κ2) is 42.0. The van der Waals surface area contributed by atoms with Crippen molar-refractivity contribution >= 4 is 86.9 Å². The predicted octanol–water partition coefficient (Wildman–Crippen LogP) is 3.14. The minimum absolute atomic E-state index is 0.153. The molecule has 2 fully saturated rings. The van der Waals surface area contributed by atoms with Crippen LogP contribution in [-0.4, -0.2) is 237 Å². The van der Waals surface area contributed by atoms with Crippen molar-refractivity contribution in [1.29, 1.82) is 0 Å². The number of carboxylic acids is 2. The van der Waals surface area contributed by atoms with E-state index in [2.05, 4.69) is 56.4 Å². The van der Waals surface area contributed by atoms with Crippen molar-refractivity contribution in [3.8, 4) is 80.1 Å². The number of hydrogen-bond acceptors (Lipinski definition) is 31. The molecule has 129 heavy (non-hydrogen) atoms. The third-order valence-electron chi connectivity index (χ3n) is 21.6. The molecule has 0 saturated carbocycles. The molecule has 17 bridgehead atoms. The van der Waals surface area contributed by atoms with Gasteiger partial charge in [0, 0.05) is 54.3 Å². The Morgan fingerprint density at radius 2 is 1.15 bits per heavy atom. The van der Waals surface area contributed by atoms with Crippen molar-refractivity contribution in [2.24, 2.45) is 5.92 Å². The third kappa shape index (κ3) is 23.0. The summed E-state index contributed by atoms with van der Waals surface area (Å²) < 4.78 is 75.5. The van der Waals surface area contributed by atoms with Gasteiger partial charge in [-0.25, -0.2) is 9.59 Å². The number of aliphatic hydroxyl groups is 8. The van der Waals surface area contributed by atoms with Gasteiger partial charge < -0.3 is 147 Å². The van der Waals surface area contributed by atoms with Crippen LogP contribution in [0.2, 0.25) is 10.0 Å². The summed E-state index contributed by atoms with van der Waals surface area (Å²) in [5.74, 6) is -19.0. The van der Waals surface area contributed by atoms with Crippen LogP contribution in [0.3, 0.4) is 0 Å². The lowest BCUT2D eigenvalue weighted by atomic mass is 9.89. The molecule has 45 heteroatoms. The van der Waals surface area contributed by atoms with E-state index in [0.29, 0.717) is 18.8 Å². The smallest absolute Gasteiger partial charge is 0.394 e. The highest BCUT2D eigenvalue weighted by atomic mass is 35.5. The highest BCUT2D eigenvalue weighted by Gasteiger charge is 2.52. The lowest BCUT2D eigenvalue weighted by Crippen LogP contribution is -2.66. The van der Waals surface area contributed by atoms with Gasteiger partial charge in [-0.3, -0.25) is 42.7 Å². The van der Waals surface area contributed by atoms with Gasteiger partial charge in [-0.2, -0.15) is 8.42 Å². The second-order valence-corrected chi connectivity index (χ2v) is 32.7. The van der Waals surface area contributed by atoms with E-state index in [4.69, 9.17) is 79.0 Å². The van der Waals surface area contributed by atoms with E-state index in [9.17, 15) is 85.6 Å². The molecule has 8 heterocycles. The number of amides is 7. The number of carboxylic acid groups (broad SMARTS) is 2. The molecule has 18 atom stereocenters. The number of hydrogen-bond donors (Lipinski definition) is 24. The van der Waals surface area contributed by atoms with Gasteiger partial charge in [0.1, 0.15) is 125 Å². The van der Waals surface area contributed by atoms with E-state index in [1.807, 2.05) is 0 Å². The van der Waals surface area contributed by atoms with Crippen molar-refractivity contribution in [3.05, 3.63) is 164 Å². The van der Waals surface area contributed by atoms with Gasteiger partial charge in [0.15, 0.2) is 35.1 Å². The maximum atomic E-state index is 16.7. The molecule has 8 aliphatic rings. The summed E-state index contributed by atoms with van der Waals surface area (Å²) in [6.07, 6.45) is -16.3. The number of aliphatic hydroxyl groups excluding tert-OH is 8. The first-order valence-corrected chi connectivity index (χ1v) is 42.2. The number of phenolic OH excluding ortho intramolecular Hbond substituents is 4. The van der Waals surface area contributed by atoms with Gasteiger partial charge in [-0.05, 0) is 120 Å². The SMILES string of the molecule is CN[C@H]1C(=O)N[C@@H]2Cc3ccc(cc3)Oc3cc4cc(c3O[C@@H]3O[C@H](C(=O)O)[C@@H](O)[C@H](O)[C@H]3NC(=O)CCCCCCCCC(C)C)Oc3ccc(cc3Cl)[C@@H](O)[C@@H]3NC(=O)[C@H](NC(=O)[C@@H]4NC(=O)[C@@H](NC2=O)c2cc(cc(O)c2Cl)Oc2cc1ccc2O)c1ccc(O)c(c1)-c1c(OC2O[C@H](CO)[C@@H](O)[C@H](O)[C@@H]2O)cc(O)cc1[C@@H](C(=O)O)NC3=O.CO.O=S(=O)(O)O. The highest BCUT2D eigenvalue weighted by molar-refractivity contribution is 7.79. The van der Waals surface area contributed by atoms with E-state index < -0.39 is 282 Å². The van der Waals surface area contributed by atoms with E-state index in [-0.39, 0.29) is 40.4 Å². The Morgan fingerprint density at radius 3 is 1.80 bits per heavy atom. The quantitative estimate of drug-likeness (QED) is 0.0433. The lowest BCUT2D eigenvalue weighted by molar-refractivity contribution is -0.277. The average Bonchev–Trinajstić information content (AvgIpc) is 0.758. The number of phenols is 4. The Labute approximate surface area is 743 Å². The minimum atomic E-state index is -4.67. The number of benzene rings is 7. The fourth-order valence-corrected chi connectivity index (χ4v) is 15.6. The van der Waals surface area contributed by atoms with Crippen LogP contribution < -0.4 is 66.2 Å². The van der Waals surface area contributed by atoms with Gasteiger partial charge in [-0.15, -0.1) is 0 Å². The van der Waals surface area contributed by atoms with Crippen LogP contribution in [-0.2, 0) is 69.4 Å². The van der Waals surface area contributed by atoms with Gasteiger partial charge in [-0.1, -0.05) is 106 Å². The first-order valence-electron chi connectivity index (χ1n) is 40.1. The molecule has 2 saturated heterocycles. The molecule has 42 nitrogen and oxygen atoms in total. The van der Waals surface area contributed by atoms with Gasteiger partial charge in [0.2, 0.25) is 59.7 Å². The van der Waals surface area contributed by atoms with Gasteiger partial charge in [0.25, 0.3) is 0 Å². The molecule has 24 N–H and O–H groups in total. The molecule has 0 spiro atoms. The van der Waals surface area contributed by atoms with E-state index in [0.717, 1.165) is 112 Å². The molecule has 7 aromatic carbocycles. The fraction of sp³-hybridized carbons (Fsp3) is 0.393. The molecular formula is C84H94Cl2N8O34S. The number of aliphatic carboxylic acids is 2. The number of ether oxygens (including phenoxy) is 7. The summed E-state index contributed by atoms with van der Waals surface area (Å²) >= 11 is 14.2. The average molecular weight is 1860 g/mol. The molecule has 7 amide bonds. The van der Waals surface area contributed by atoms with Crippen LogP contribution >= 0.6 is 23.2 Å². The number of halogens is 2. The van der Waals surface area contributed by atoms with Crippen molar-refractivity contribution in [2.75, 3.05) is 20.8 Å². The number of fused-ring (bicyclic) bond motifs is 14. The number of carbonyl (C=O) groups excluding carboxylic acids is 7. The molecular weight excluding hydrogens is 1770 g/mol. The Kier molecular flexibility index (Phi) is 31.8. The summed E-state index contributed by atoms with van der Waals surface area (Å²) in [5.41, 5.74) is -3.29. The zero-order valence-electron chi connectivity index (χ0n) is 68.7. The number of rotatable bonds is 18. The largest absolute Gasteiger partial charge is 0.508 e. The topological polar surface area (TPSA) is 672 Å². The molecule has 694 valence electrons. The highest BCUT2D eigenvalue weighted by Crippen LogP contribution is 2.50. The molecule has 0 aromatic heterocycles. The van der Waals surface area contributed by atoms with E-state index in [1.54, 1.807) is 0 Å². The summed E-state index contributed by atoms with van der Waals surface area (Å²) in [6.45, 7) is 3.26. The number of likely N-dealkylation sites (N-methyl/N-ethyl adjacent to an activating group) is 1. The van der Waals surface area contributed by atoms with Crippen LogP contribution in [0.5, 0.6) is 69.0 Å². The van der Waals surface area contributed by atoms with Crippen LogP contribution in [0.15, 0.2) is 115 Å². The fourth-order valence-electron chi connectivity index (χ4n) is 15.2. The third-order valence-corrected chi connectivity index (χ3v) is 22.3. The van der Waals surface area contributed by atoms with Crippen LogP contribution in [0.4, 0.5) is 0 Å². The first kappa shape index (κ1) is 97.6. The van der Waals surface area contributed by atoms with Crippen molar-refractivity contribution in [1.82, 2.24) is 42.5 Å². The number of carbonyl (C=O) groups is 9. The second-order valence-electron chi connectivity index (χ2n) is 31.0. The number of aromatic hydroxyl groups is 4. The minimum Gasteiger partial charge on any atom is -0.508 e. The van der Waals surface area contributed by atoms with Crippen molar-refractivity contribution in [2.45, 2.75) is 181 Å². The first-order chi connectivity index (χ1) is 61.2. The van der Waals surface area contributed by atoms with Crippen LogP contribution in [0.25, 0.3) is 11.1 Å².